The molecule has 0 aromatic heterocycles. The summed E-state index contributed by atoms with van der Waals surface area (Å²) >= 11 is 0. The fraction of sp³-hybridized carbons (Fsp3) is 0.895. The van der Waals surface area contributed by atoms with Gasteiger partial charge in [0.25, 0.3) is 0 Å². The van der Waals surface area contributed by atoms with Gasteiger partial charge in [-0.25, -0.2) is 8.42 Å². The number of rotatable bonds is 7. The minimum Gasteiger partial charge on any atom is -0.357 e. The third-order valence-electron chi connectivity index (χ3n) is 5.47. The standard InChI is InChI=1S/C19H36N4O3S/c1-4-9-19(3)10-6-12-23(15-19)18(20-5-2)21-11-7-17(24)22-16-8-13-27(25,26)14-16/h16H,4-15H2,1-3H3,(H,20,21)(H,22,24). The molecule has 2 heterocycles. The number of hydrogen-bond acceptors (Lipinski definition) is 4. The Morgan fingerprint density at radius 2 is 2.11 bits per heavy atom. The molecule has 8 heteroatoms. The first kappa shape index (κ1) is 22.0. The quantitative estimate of drug-likeness (QED) is 0.500. The number of carbonyl (C=O) groups excluding carboxylic acids is 1. The van der Waals surface area contributed by atoms with Crippen molar-refractivity contribution in [2.75, 3.05) is 37.7 Å². The van der Waals surface area contributed by atoms with Crippen LogP contribution in [0, 0.1) is 5.41 Å². The molecule has 156 valence electrons. The van der Waals surface area contributed by atoms with Crippen LogP contribution in [-0.2, 0) is 14.6 Å². The normalized spacial score (nSPS) is 28.2. The van der Waals surface area contributed by atoms with E-state index in [2.05, 4.69) is 41.3 Å². The van der Waals surface area contributed by atoms with Gasteiger partial charge in [-0.15, -0.1) is 0 Å². The van der Waals surface area contributed by atoms with Crippen LogP contribution in [0.3, 0.4) is 0 Å². The van der Waals surface area contributed by atoms with Gasteiger partial charge >= 0.3 is 0 Å². The number of guanidine groups is 1. The Kier molecular flexibility index (Phi) is 7.94. The van der Waals surface area contributed by atoms with Crippen LogP contribution in [0.2, 0.25) is 0 Å². The highest BCUT2D eigenvalue weighted by Gasteiger charge is 2.31. The second kappa shape index (κ2) is 9.75. The molecule has 0 spiro atoms. The highest BCUT2D eigenvalue weighted by Crippen LogP contribution is 2.33. The molecule has 2 aliphatic rings. The summed E-state index contributed by atoms with van der Waals surface area (Å²) in [7, 11) is -2.97. The maximum atomic E-state index is 12.1. The van der Waals surface area contributed by atoms with Crippen molar-refractivity contribution >= 4 is 21.7 Å². The minimum absolute atomic E-state index is 0.0639. The van der Waals surface area contributed by atoms with E-state index < -0.39 is 9.84 Å². The summed E-state index contributed by atoms with van der Waals surface area (Å²) in [6, 6.07) is -0.239. The molecular weight excluding hydrogens is 364 g/mol. The largest absolute Gasteiger partial charge is 0.357 e. The number of piperidine rings is 1. The number of amides is 1. The van der Waals surface area contributed by atoms with Crippen LogP contribution in [0.1, 0.15) is 59.3 Å². The van der Waals surface area contributed by atoms with E-state index in [1.807, 2.05) is 0 Å². The van der Waals surface area contributed by atoms with Crippen molar-refractivity contribution in [1.29, 1.82) is 0 Å². The van der Waals surface area contributed by atoms with Crippen LogP contribution in [0.25, 0.3) is 0 Å². The van der Waals surface area contributed by atoms with Gasteiger partial charge in [-0.2, -0.15) is 0 Å². The second-order valence-corrected chi connectivity index (χ2v) is 10.5. The summed E-state index contributed by atoms with van der Waals surface area (Å²) in [4.78, 5) is 19.1. The molecule has 2 atom stereocenters. The molecule has 0 aromatic carbocycles. The topological polar surface area (TPSA) is 90.9 Å². The van der Waals surface area contributed by atoms with E-state index >= 15 is 0 Å². The maximum Gasteiger partial charge on any atom is 0.222 e. The summed E-state index contributed by atoms with van der Waals surface area (Å²) in [6.07, 6.45) is 5.63. The Labute approximate surface area is 164 Å². The van der Waals surface area contributed by atoms with Crippen molar-refractivity contribution in [3.05, 3.63) is 0 Å². The van der Waals surface area contributed by atoms with Crippen molar-refractivity contribution in [2.24, 2.45) is 10.4 Å². The van der Waals surface area contributed by atoms with Gasteiger partial charge in [0, 0.05) is 32.1 Å². The Morgan fingerprint density at radius 1 is 1.33 bits per heavy atom. The fourth-order valence-corrected chi connectivity index (χ4v) is 5.88. The molecule has 0 aromatic rings. The van der Waals surface area contributed by atoms with Crippen molar-refractivity contribution in [3.8, 4) is 0 Å². The molecular formula is C19H36N4O3S. The third kappa shape index (κ3) is 6.97. The molecule has 0 radical (unpaired) electrons. The summed E-state index contributed by atoms with van der Waals surface area (Å²) in [6.45, 7) is 9.85. The zero-order chi connectivity index (χ0) is 19.9. The average molecular weight is 401 g/mol. The molecule has 2 fully saturated rings. The molecule has 2 unspecified atom stereocenters. The Bertz CT molecular complexity index is 631. The number of likely N-dealkylation sites (tertiary alicyclic amines) is 1. The van der Waals surface area contributed by atoms with E-state index in [-0.39, 0.29) is 29.9 Å². The summed E-state index contributed by atoms with van der Waals surface area (Å²) in [5, 5.41) is 6.18. The molecule has 27 heavy (non-hydrogen) atoms. The molecule has 0 aliphatic carbocycles. The van der Waals surface area contributed by atoms with Crippen molar-refractivity contribution in [1.82, 2.24) is 15.5 Å². The van der Waals surface area contributed by atoms with Crippen molar-refractivity contribution < 1.29 is 13.2 Å². The first-order valence-corrected chi connectivity index (χ1v) is 12.1. The fourth-order valence-electron chi connectivity index (χ4n) is 4.20. The molecule has 0 bridgehead atoms. The predicted octanol–water partition coefficient (Wildman–Crippen LogP) is 1.55. The molecule has 1 amide bonds. The van der Waals surface area contributed by atoms with Gasteiger partial charge in [0.1, 0.15) is 0 Å². The third-order valence-corrected chi connectivity index (χ3v) is 7.23. The summed E-state index contributed by atoms with van der Waals surface area (Å²) in [5.74, 6) is 1.00. The highest BCUT2D eigenvalue weighted by atomic mass is 32.2. The maximum absolute atomic E-state index is 12.1. The Morgan fingerprint density at radius 3 is 2.74 bits per heavy atom. The molecule has 2 aliphatic heterocycles. The summed E-state index contributed by atoms with van der Waals surface area (Å²) in [5.41, 5.74) is 0.328. The monoisotopic (exact) mass is 400 g/mol. The van der Waals surface area contributed by atoms with Crippen LogP contribution in [0.4, 0.5) is 0 Å². The van der Waals surface area contributed by atoms with Crippen LogP contribution in [0.15, 0.2) is 4.99 Å². The molecule has 0 saturated carbocycles. The molecule has 2 N–H and O–H groups in total. The number of nitrogens with one attached hydrogen (secondary N) is 2. The van der Waals surface area contributed by atoms with E-state index in [0.717, 1.165) is 32.0 Å². The lowest BCUT2D eigenvalue weighted by atomic mass is 9.78. The van der Waals surface area contributed by atoms with Gasteiger partial charge in [-0.1, -0.05) is 20.3 Å². The van der Waals surface area contributed by atoms with Gasteiger partial charge in [-0.05, 0) is 38.0 Å². The van der Waals surface area contributed by atoms with E-state index in [1.54, 1.807) is 0 Å². The van der Waals surface area contributed by atoms with Crippen LogP contribution >= 0.6 is 0 Å². The number of aliphatic imine (C=N–C) groups is 1. The minimum atomic E-state index is -2.97. The smallest absolute Gasteiger partial charge is 0.222 e. The van der Waals surface area contributed by atoms with Crippen molar-refractivity contribution in [2.45, 2.75) is 65.3 Å². The first-order chi connectivity index (χ1) is 12.8. The lowest BCUT2D eigenvalue weighted by Crippen LogP contribution is -2.50. The first-order valence-electron chi connectivity index (χ1n) is 10.3. The van der Waals surface area contributed by atoms with Crippen LogP contribution in [-0.4, -0.2) is 68.9 Å². The number of hydrogen-bond donors (Lipinski definition) is 2. The SMILES string of the molecule is CCCC1(C)CCCN(C(=NCCC(=O)NC2CCS(=O)(=O)C2)NCC)C1. The van der Waals surface area contributed by atoms with Crippen molar-refractivity contribution in [3.63, 3.8) is 0 Å². The summed E-state index contributed by atoms with van der Waals surface area (Å²) < 4.78 is 23.0. The van der Waals surface area contributed by atoms with Gasteiger partial charge in [-0.3, -0.25) is 9.79 Å². The number of carbonyl (C=O) groups is 1. The van der Waals surface area contributed by atoms with E-state index in [4.69, 9.17) is 0 Å². The predicted molar refractivity (Wildman–Crippen MR) is 110 cm³/mol. The van der Waals surface area contributed by atoms with E-state index in [9.17, 15) is 13.2 Å². The zero-order valence-corrected chi connectivity index (χ0v) is 17.9. The highest BCUT2D eigenvalue weighted by molar-refractivity contribution is 7.91. The average Bonchev–Trinajstić information content (AvgIpc) is 2.92. The van der Waals surface area contributed by atoms with E-state index in [0.29, 0.717) is 18.4 Å². The molecule has 2 rings (SSSR count). The van der Waals surface area contributed by atoms with Crippen LogP contribution in [0.5, 0.6) is 0 Å². The lowest BCUT2D eigenvalue weighted by molar-refractivity contribution is -0.121. The molecule has 2 saturated heterocycles. The number of sulfone groups is 1. The van der Waals surface area contributed by atoms with Gasteiger partial charge in [0.15, 0.2) is 15.8 Å². The van der Waals surface area contributed by atoms with E-state index in [1.165, 1.54) is 19.3 Å². The number of nitrogens with zero attached hydrogens (tertiary/aromatic N) is 2. The zero-order valence-electron chi connectivity index (χ0n) is 17.1. The Hall–Kier alpha value is -1.31. The Balaban J connectivity index is 1.86. The second-order valence-electron chi connectivity index (χ2n) is 8.24. The van der Waals surface area contributed by atoms with Gasteiger partial charge in [0.2, 0.25) is 5.91 Å². The lowest BCUT2D eigenvalue weighted by Gasteiger charge is -2.42. The van der Waals surface area contributed by atoms with Gasteiger partial charge in [0.05, 0.1) is 18.1 Å². The van der Waals surface area contributed by atoms with Gasteiger partial charge < -0.3 is 15.5 Å². The molecule has 7 nitrogen and oxygen atoms in total. The van der Waals surface area contributed by atoms with Crippen LogP contribution < -0.4 is 10.6 Å².